The first kappa shape index (κ1) is 10.7. The van der Waals surface area contributed by atoms with Crippen LogP contribution < -0.4 is 0 Å². The van der Waals surface area contributed by atoms with Gasteiger partial charge in [0.1, 0.15) is 11.6 Å². The first-order chi connectivity index (χ1) is 5.09. The van der Waals surface area contributed by atoms with Crippen molar-refractivity contribution in [2.45, 2.75) is 20.8 Å². The van der Waals surface area contributed by atoms with Crippen LogP contribution in [0.25, 0.3) is 0 Å². The van der Waals surface area contributed by atoms with Crippen molar-refractivity contribution in [2.75, 3.05) is 11.5 Å². The lowest BCUT2D eigenvalue weighted by molar-refractivity contribution is -0.129. The van der Waals surface area contributed by atoms with Crippen LogP contribution in [0.2, 0.25) is 0 Å². The van der Waals surface area contributed by atoms with Gasteiger partial charge in [-0.3, -0.25) is 9.59 Å². The van der Waals surface area contributed by atoms with Crippen LogP contribution in [0.5, 0.6) is 0 Å². The van der Waals surface area contributed by atoms with E-state index in [4.69, 9.17) is 0 Å². The summed E-state index contributed by atoms with van der Waals surface area (Å²) in [7, 11) is 0. The van der Waals surface area contributed by atoms with Gasteiger partial charge < -0.3 is 0 Å². The van der Waals surface area contributed by atoms with Gasteiger partial charge in [0.05, 0.1) is 5.92 Å². The van der Waals surface area contributed by atoms with E-state index in [1.807, 2.05) is 6.92 Å². The zero-order chi connectivity index (χ0) is 8.85. The molecular formula is C8H14O2S. The number of thioether (sulfide) groups is 1. The molecular weight excluding hydrogens is 160 g/mol. The molecule has 0 rings (SSSR count). The summed E-state index contributed by atoms with van der Waals surface area (Å²) >= 11 is 1.63. The Bertz CT molecular complexity index is 140. The number of carbonyl (C=O) groups is 2. The Hall–Kier alpha value is -0.310. The summed E-state index contributed by atoms with van der Waals surface area (Å²) in [6.45, 7) is 4.96. The fourth-order valence-electron chi connectivity index (χ4n) is 0.757. The molecule has 11 heavy (non-hydrogen) atoms. The van der Waals surface area contributed by atoms with E-state index in [1.54, 1.807) is 11.8 Å². The molecule has 0 aromatic carbocycles. The van der Waals surface area contributed by atoms with Gasteiger partial charge >= 0.3 is 0 Å². The molecule has 3 heteroatoms. The van der Waals surface area contributed by atoms with Gasteiger partial charge in [0.25, 0.3) is 0 Å². The van der Waals surface area contributed by atoms with E-state index in [1.165, 1.54) is 13.8 Å². The Balaban J connectivity index is 3.90. The van der Waals surface area contributed by atoms with Crippen LogP contribution in [-0.4, -0.2) is 23.1 Å². The first-order valence-electron chi connectivity index (χ1n) is 3.68. The Kier molecular flexibility index (Phi) is 5.20. The minimum atomic E-state index is -0.375. The lowest BCUT2D eigenvalue weighted by atomic mass is 10.0. The van der Waals surface area contributed by atoms with Crippen LogP contribution in [0.4, 0.5) is 0 Å². The Morgan fingerprint density at radius 1 is 1.27 bits per heavy atom. The molecule has 0 unspecified atom stereocenters. The van der Waals surface area contributed by atoms with E-state index in [-0.39, 0.29) is 17.5 Å². The number of carbonyl (C=O) groups excluding carboxylic acids is 2. The van der Waals surface area contributed by atoms with Crippen molar-refractivity contribution in [3.8, 4) is 0 Å². The molecule has 0 radical (unpaired) electrons. The van der Waals surface area contributed by atoms with Gasteiger partial charge in [0, 0.05) is 5.75 Å². The zero-order valence-corrected chi connectivity index (χ0v) is 8.03. The van der Waals surface area contributed by atoms with Gasteiger partial charge in [0.2, 0.25) is 0 Å². The molecule has 0 bridgehead atoms. The van der Waals surface area contributed by atoms with E-state index < -0.39 is 0 Å². The predicted octanol–water partition coefficient (Wildman–Crippen LogP) is 1.53. The van der Waals surface area contributed by atoms with Gasteiger partial charge in [0.15, 0.2) is 0 Å². The summed E-state index contributed by atoms with van der Waals surface area (Å²) in [5.41, 5.74) is 0. The molecule has 0 aliphatic carbocycles. The van der Waals surface area contributed by atoms with Crippen molar-refractivity contribution >= 4 is 23.3 Å². The monoisotopic (exact) mass is 174 g/mol. The fraction of sp³-hybridized carbons (Fsp3) is 0.750. The summed E-state index contributed by atoms with van der Waals surface area (Å²) in [4.78, 5) is 21.7. The van der Waals surface area contributed by atoms with Crippen molar-refractivity contribution < 1.29 is 9.59 Å². The molecule has 0 aliphatic heterocycles. The largest absolute Gasteiger partial charge is 0.299 e. The third kappa shape index (κ3) is 4.19. The molecule has 64 valence electrons. The fourth-order valence-corrected chi connectivity index (χ4v) is 1.70. The summed E-state index contributed by atoms with van der Waals surface area (Å²) in [6.07, 6.45) is 0. The second-order valence-corrected chi connectivity index (χ2v) is 3.75. The van der Waals surface area contributed by atoms with Gasteiger partial charge in [-0.25, -0.2) is 0 Å². The molecule has 0 saturated heterocycles. The summed E-state index contributed by atoms with van der Waals surface area (Å²) in [5, 5.41) is 0. The highest BCUT2D eigenvalue weighted by Crippen LogP contribution is 2.10. The van der Waals surface area contributed by atoms with E-state index in [9.17, 15) is 9.59 Å². The van der Waals surface area contributed by atoms with Gasteiger partial charge in [-0.15, -0.1) is 0 Å². The number of Topliss-reactive ketones (excluding diaryl/α,β-unsaturated/α-hetero) is 2. The Morgan fingerprint density at radius 3 is 2.00 bits per heavy atom. The highest BCUT2D eigenvalue weighted by atomic mass is 32.2. The molecule has 0 atom stereocenters. The minimum absolute atomic E-state index is 0.0153. The van der Waals surface area contributed by atoms with Crippen LogP contribution in [0.1, 0.15) is 20.8 Å². The maximum absolute atomic E-state index is 10.9. The third-order valence-electron chi connectivity index (χ3n) is 1.47. The molecule has 0 aromatic heterocycles. The van der Waals surface area contributed by atoms with Crippen molar-refractivity contribution in [3.63, 3.8) is 0 Å². The lowest BCUT2D eigenvalue weighted by Crippen LogP contribution is -2.21. The molecule has 0 heterocycles. The highest BCUT2D eigenvalue weighted by Gasteiger charge is 2.18. The normalized spacial score (nSPS) is 10.2. The number of hydrogen-bond acceptors (Lipinski definition) is 3. The summed E-state index contributed by atoms with van der Waals surface area (Å²) in [5.74, 6) is 1.19. The topological polar surface area (TPSA) is 34.1 Å². The van der Waals surface area contributed by atoms with Crippen LogP contribution >= 0.6 is 11.8 Å². The highest BCUT2D eigenvalue weighted by molar-refractivity contribution is 7.99. The molecule has 0 saturated carbocycles. The summed E-state index contributed by atoms with van der Waals surface area (Å²) < 4.78 is 0. The SMILES string of the molecule is CCSCC(C(C)=O)C(C)=O. The van der Waals surface area contributed by atoms with Crippen LogP contribution in [0.15, 0.2) is 0 Å². The maximum Gasteiger partial charge on any atom is 0.141 e. The number of rotatable bonds is 5. The van der Waals surface area contributed by atoms with E-state index in [0.717, 1.165) is 5.75 Å². The smallest absolute Gasteiger partial charge is 0.141 e. The predicted molar refractivity (Wildman–Crippen MR) is 47.9 cm³/mol. The Labute approximate surface area is 71.7 Å². The van der Waals surface area contributed by atoms with Crippen molar-refractivity contribution in [1.82, 2.24) is 0 Å². The van der Waals surface area contributed by atoms with Crippen molar-refractivity contribution in [3.05, 3.63) is 0 Å². The van der Waals surface area contributed by atoms with Crippen molar-refractivity contribution in [1.29, 1.82) is 0 Å². The lowest BCUT2D eigenvalue weighted by Gasteiger charge is -2.07. The average molecular weight is 174 g/mol. The molecule has 0 N–H and O–H groups in total. The standard InChI is InChI=1S/C8H14O2S/c1-4-11-5-8(6(2)9)7(3)10/h8H,4-5H2,1-3H3. The van der Waals surface area contributed by atoms with Crippen LogP contribution in [0, 0.1) is 5.92 Å². The summed E-state index contributed by atoms with van der Waals surface area (Å²) in [6, 6.07) is 0. The molecule has 0 fully saturated rings. The zero-order valence-electron chi connectivity index (χ0n) is 7.22. The van der Waals surface area contributed by atoms with E-state index >= 15 is 0 Å². The van der Waals surface area contributed by atoms with Gasteiger partial charge in [-0.1, -0.05) is 6.92 Å². The molecule has 0 aromatic rings. The number of hydrogen-bond donors (Lipinski definition) is 0. The molecule has 2 nitrogen and oxygen atoms in total. The van der Waals surface area contributed by atoms with E-state index in [2.05, 4.69) is 0 Å². The van der Waals surface area contributed by atoms with Crippen LogP contribution in [0.3, 0.4) is 0 Å². The van der Waals surface area contributed by atoms with Crippen LogP contribution in [-0.2, 0) is 9.59 Å². The van der Waals surface area contributed by atoms with Gasteiger partial charge in [-0.05, 0) is 19.6 Å². The van der Waals surface area contributed by atoms with Crippen molar-refractivity contribution in [2.24, 2.45) is 5.92 Å². The number of ketones is 2. The molecule has 0 amide bonds. The Morgan fingerprint density at radius 2 is 1.73 bits per heavy atom. The minimum Gasteiger partial charge on any atom is -0.299 e. The third-order valence-corrected chi connectivity index (χ3v) is 2.45. The average Bonchev–Trinajstić information content (AvgIpc) is 1.87. The first-order valence-corrected chi connectivity index (χ1v) is 4.83. The quantitative estimate of drug-likeness (QED) is 0.593. The second-order valence-electron chi connectivity index (χ2n) is 2.43. The molecule has 0 aliphatic rings. The second kappa shape index (κ2) is 5.35. The van der Waals surface area contributed by atoms with Gasteiger partial charge in [-0.2, -0.15) is 11.8 Å². The van der Waals surface area contributed by atoms with E-state index in [0.29, 0.717) is 5.75 Å². The molecule has 0 spiro atoms. The maximum atomic E-state index is 10.9.